The standard InChI is InChI=1S/C44H50N6O6/c1-43(2,3)55-41(51)49-19-9-13-35(49)39-45-23-33(47-39)27-15-17-31-32-18-16-28(22-38(32)54-26-30-12-8-7-11-29(30)25-53-37(31)21-27)34-24-46-40(48-34)36-14-10-20-50(36)42(52)56-44(4,5)6/h7-8,11-12,15-18,21-24,35-36H,9-10,13-14,19-20,25-26H2,1-6H3,(H,45,47)(H,46,48)/t35-,36-/m0/s1. The van der Waals surface area contributed by atoms with E-state index in [0.717, 1.165) is 82.1 Å². The van der Waals surface area contributed by atoms with Crippen molar-refractivity contribution in [2.24, 2.45) is 0 Å². The van der Waals surface area contributed by atoms with Gasteiger partial charge in [0.25, 0.3) is 0 Å². The first-order valence-corrected chi connectivity index (χ1v) is 19.5. The maximum absolute atomic E-state index is 13.0. The summed E-state index contributed by atoms with van der Waals surface area (Å²) in [4.78, 5) is 46.1. The predicted molar refractivity (Wildman–Crippen MR) is 212 cm³/mol. The number of rotatable bonds is 4. The molecule has 12 heteroatoms. The smallest absolute Gasteiger partial charge is 0.410 e. The number of carbonyl (C=O) groups excluding carboxylic acids is 2. The number of nitrogens with zero attached hydrogens (tertiary/aromatic N) is 4. The molecule has 2 aromatic heterocycles. The fraction of sp³-hybridized carbons (Fsp3) is 0.409. The van der Waals surface area contributed by atoms with Crippen molar-refractivity contribution < 1.29 is 28.5 Å². The number of ether oxygens (including phenoxy) is 4. The van der Waals surface area contributed by atoms with Gasteiger partial charge in [-0.1, -0.05) is 36.4 Å². The molecule has 0 aliphatic carbocycles. The van der Waals surface area contributed by atoms with Crippen LogP contribution in [0.2, 0.25) is 0 Å². The van der Waals surface area contributed by atoms with Crippen LogP contribution in [0.15, 0.2) is 73.1 Å². The first-order chi connectivity index (χ1) is 26.8. The molecule has 0 spiro atoms. The van der Waals surface area contributed by atoms with E-state index in [0.29, 0.717) is 37.8 Å². The predicted octanol–water partition coefficient (Wildman–Crippen LogP) is 9.75. The molecule has 2 N–H and O–H groups in total. The molecule has 5 aromatic rings. The number of imidazole rings is 2. The van der Waals surface area contributed by atoms with Crippen LogP contribution in [0.4, 0.5) is 9.59 Å². The van der Waals surface area contributed by atoms with Gasteiger partial charge in [-0.15, -0.1) is 0 Å². The third-order valence-corrected chi connectivity index (χ3v) is 10.3. The van der Waals surface area contributed by atoms with Gasteiger partial charge in [-0.2, -0.15) is 0 Å². The quantitative estimate of drug-likeness (QED) is 0.185. The second kappa shape index (κ2) is 14.7. The maximum Gasteiger partial charge on any atom is 0.410 e. The summed E-state index contributed by atoms with van der Waals surface area (Å²) in [6.45, 7) is 13.3. The number of aromatic nitrogens is 4. The van der Waals surface area contributed by atoms with Gasteiger partial charge >= 0.3 is 12.2 Å². The molecule has 12 nitrogen and oxygen atoms in total. The Kier molecular flexibility index (Phi) is 9.76. The lowest BCUT2D eigenvalue weighted by atomic mass is 9.98. The topological polar surface area (TPSA) is 135 Å². The Morgan fingerprint density at radius 1 is 0.661 bits per heavy atom. The van der Waals surface area contributed by atoms with Crippen LogP contribution in [-0.4, -0.2) is 66.2 Å². The molecule has 2 atom stereocenters. The molecule has 292 valence electrons. The van der Waals surface area contributed by atoms with Gasteiger partial charge in [-0.3, -0.25) is 9.80 Å². The summed E-state index contributed by atoms with van der Waals surface area (Å²) >= 11 is 0. The zero-order chi connectivity index (χ0) is 39.2. The first-order valence-electron chi connectivity index (χ1n) is 19.5. The molecular weight excluding hydrogens is 709 g/mol. The Labute approximate surface area is 327 Å². The van der Waals surface area contributed by atoms with Crippen molar-refractivity contribution in [2.45, 2.75) is 104 Å². The van der Waals surface area contributed by atoms with E-state index >= 15 is 0 Å². The Morgan fingerprint density at radius 3 is 1.50 bits per heavy atom. The Morgan fingerprint density at radius 2 is 1.09 bits per heavy atom. The van der Waals surface area contributed by atoms with Crippen LogP contribution >= 0.6 is 0 Å². The average molecular weight is 759 g/mol. The largest absolute Gasteiger partial charge is 0.488 e. The Bertz CT molecular complexity index is 2090. The number of aromatic amines is 2. The summed E-state index contributed by atoms with van der Waals surface area (Å²) < 4.78 is 24.7. The van der Waals surface area contributed by atoms with Crippen molar-refractivity contribution in [3.63, 3.8) is 0 Å². The number of carbonyl (C=O) groups is 2. The second-order valence-corrected chi connectivity index (χ2v) is 16.8. The van der Waals surface area contributed by atoms with Gasteiger partial charge < -0.3 is 28.9 Å². The van der Waals surface area contributed by atoms with E-state index in [1.165, 1.54) is 0 Å². The Hall–Kier alpha value is -5.78. The number of likely N-dealkylation sites (tertiary alicyclic amines) is 2. The van der Waals surface area contributed by atoms with E-state index in [1.54, 1.807) is 9.80 Å². The molecule has 2 saturated heterocycles. The fourth-order valence-electron chi connectivity index (χ4n) is 7.70. The summed E-state index contributed by atoms with van der Waals surface area (Å²) in [6, 6.07) is 20.1. The zero-order valence-corrected chi connectivity index (χ0v) is 33.0. The highest BCUT2D eigenvalue weighted by atomic mass is 16.6. The molecule has 56 heavy (non-hydrogen) atoms. The first kappa shape index (κ1) is 37.2. The van der Waals surface area contributed by atoms with Crippen LogP contribution in [0.3, 0.4) is 0 Å². The van der Waals surface area contributed by atoms with Gasteiger partial charge in [-0.25, -0.2) is 19.6 Å². The van der Waals surface area contributed by atoms with Crippen LogP contribution in [-0.2, 0) is 22.7 Å². The number of amides is 2. The fourth-order valence-corrected chi connectivity index (χ4v) is 7.70. The number of hydrogen-bond acceptors (Lipinski definition) is 8. The molecule has 0 unspecified atom stereocenters. The molecule has 8 rings (SSSR count). The molecule has 0 saturated carbocycles. The van der Waals surface area contributed by atoms with Crippen molar-refractivity contribution in [1.82, 2.24) is 29.7 Å². The van der Waals surface area contributed by atoms with E-state index in [2.05, 4.69) is 46.4 Å². The zero-order valence-electron chi connectivity index (χ0n) is 33.0. The summed E-state index contributed by atoms with van der Waals surface area (Å²) in [5.74, 6) is 2.88. The van der Waals surface area contributed by atoms with Gasteiger partial charge in [0.05, 0.1) is 35.9 Å². The number of benzene rings is 3. The second-order valence-electron chi connectivity index (χ2n) is 16.8. The average Bonchev–Trinajstić information content (AvgIpc) is 3.98. The SMILES string of the molecule is CC(C)(C)OC(=O)N1CCC[C@H]1c1ncc(-c2ccc3c(c2)OCc2ccccc2COc2cc(-c4cnc([C@@H]5CCCN5C(=O)OC(C)(C)C)[nH]4)ccc2-3)[nH]1. The highest BCUT2D eigenvalue weighted by Crippen LogP contribution is 2.43. The Balaban J connectivity index is 1.10. The summed E-state index contributed by atoms with van der Waals surface area (Å²) in [7, 11) is 0. The monoisotopic (exact) mass is 758 g/mol. The lowest BCUT2D eigenvalue weighted by molar-refractivity contribution is 0.0208. The van der Waals surface area contributed by atoms with Crippen molar-refractivity contribution in [1.29, 1.82) is 0 Å². The minimum Gasteiger partial charge on any atom is -0.488 e. The van der Waals surface area contributed by atoms with Crippen molar-refractivity contribution in [2.75, 3.05) is 13.1 Å². The van der Waals surface area contributed by atoms with E-state index in [9.17, 15) is 9.59 Å². The summed E-state index contributed by atoms with van der Waals surface area (Å²) in [5.41, 5.74) is 6.19. The minimum absolute atomic E-state index is 0.186. The van der Waals surface area contributed by atoms with Gasteiger partial charge in [0.15, 0.2) is 0 Å². The highest BCUT2D eigenvalue weighted by molar-refractivity contribution is 5.81. The van der Waals surface area contributed by atoms with Crippen molar-refractivity contribution in [3.8, 4) is 45.1 Å². The number of hydrogen-bond donors (Lipinski definition) is 2. The number of nitrogens with one attached hydrogen (secondary N) is 2. The number of H-pyrrole nitrogens is 2. The van der Waals surface area contributed by atoms with Crippen molar-refractivity contribution >= 4 is 12.2 Å². The van der Waals surface area contributed by atoms with Crippen LogP contribution < -0.4 is 9.47 Å². The maximum atomic E-state index is 13.0. The van der Waals surface area contributed by atoms with E-state index in [1.807, 2.05) is 78.2 Å². The van der Waals surface area contributed by atoms with Gasteiger partial charge in [-0.05, 0) is 103 Å². The molecule has 5 heterocycles. The van der Waals surface area contributed by atoms with E-state index in [4.69, 9.17) is 28.9 Å². The molecule has 2 amide bonds. The van der Waals surface area contributed by atoms with Crippen LogP contribution in [0.5, 0.6) is 11.5 Å². The lowest BCUT2D eigenvalue weighted by Gasteiger charge is -2.27. The molecule has 3 aromatic carbocycles. The minimum atomic E-state index is -0.576. The number of fused-ring (bicyclic) bond motifs is 4. The molecular formula is C44H50N6O6. The highest BCUT2D eigenvalue weighted by Gasteiger charge is 2.36. The van der Waals surface area contributed by atoms with Crippen molar-refractivity contribution in [3.05, 3.63) is 95.8 Å². The lowest BCUT2D eigenvalue weighted by Crippen LogP contribution is -2.36. The molecule has 3 aliphatic heterocycles. The molecule has 0 radical (unpaired) electrons. The van der Waals surface area contributed by atoms with Crippen LogP contribution in [0.25, 0.3) is 33.6 Å². The normalized spacial score (nSPS) is 18.3. The molecule has 0 bridgehead atoms. The third kappa shape index (κ3) is 7.82. The van der Waals surface area contributed by atoms with Gasteiger partial charge in [0, 0.05) is 35.3 Å². The van der Waals surface area contributed by atoms with Gasteiger partial charge in [0.2, 0.25) is 0 Å². The van der Waals surface area contributed by atoms with E-state index in [-0.39, 0.29) is 24.3 Å². The van der Waals surface area contributed by atoms with Crippen LogP contribution in [0.1, 0.15) is 102 Å². The molecule has 3 aliphatic rings. The summed E-state index contributed by atoms with van der Waals surface area (Å²) in [6.07, 6.45) is 6.37. The summed E-state index contributed by atoms with van der Waals surface area (Å²) in [5, 5.41) is 0. The van der Waals surface area contributed by atoms with Crippen LogP contribution in [0, 0.1) is 0 Å². The van der Waals surface area contributed by atoms with E-state index < -0.39 is 11.2 Å². The third-order valence-electron chi connectivity index (χ3n) is 10.3. The molecule has 2 fully saturated rings. The van der Waals surface area contributed by atoms with Gasteiger partial charge in [0.1, 0.15) is 47.6 Å².